The minimum Gasteiger partial charge on any atom is -0.497 e. The zero-order valence-corrected chi connectivity index (χ0v) is 19.3. The number of esters is 1. The Balaban J connectivity index is 1.57. The maximum atomic E-state index is 13.0. The van der Waals surface area contributed by atoms with Gasteiger partial charge in [-0.2, -0.15) is 0 Å². The molecule has 1 aliphatic rings. The van der Waals surface area contributed by atoms with Crippen LogP contribution in [0, 0.1) is 5.82 Å². The topological polar surface area (TPSA) is 76.1 Å². The smallest absolute Gasteiger partial charge is 0.316 e. The predicted molar refractivity (Wildman–Crippen MR) is 123 cm³/mol. The molecular formula is C26H32FNO5. The van der Waals surface area contributed by atoms with Gasteiger partial charge < -0.3 is 19.5 Å². The zero-order valence-electron chi connectivity index (χ0n) is 19.3. The monoisotopic (exact) mass is 457 g/mol. The van der Waals surface area contributed by atoms with E-state index in [-0.39, 0.29) is 18.2 Å². The van der Waals surface area contributed by atoms with Gasteiger partial charge in [0.2, 0.25) is 0 Å². The summed E-state index contributed by atoms with van der Waals surface area (Å²) < 4.78 is 23.5. The molecular weight excluding hydrogens is 425 g/mol. The first kappa shape index (κ1) is 24.9. The number of nitrogens with zero attached hydrogens (tertiary/aromatic N) is 1. The van der Waals surface area contributed by atoms with Crippen molar-refractivity contribution < 1.29 is 28.6 Å². The summed E-state index contributed by atoms with van der Waals surface area (Å²) in [7, 11) is 1.58. The molecule has 1 fully saturated rings. The molecule has 0 aliphatic carbocycles. The first-order valence-electron chi connectivity index (χ1n) is 11.4. The molecule has 1 N–H and O–H groups in total. The highest BCUT2D eigenvalue weighted by Gasteiger charge is 2.45. The molecule has 1 heterocycles. The number of ether oxygens (including phenoxy) is 2. The molecule has 0 aromatic heterocycles. The van der Waals surface area contributed by atoms with Crippen LogP contribution in [0.25, 0.3) is 0 Å². The number of piperidine rings is 1. The van der Waals surface area contributed by atoms with Crippen molar-refractivity contribution in [3.05, 3.63) is 65.5 Å². The van der Waals surface area contributed by atoms with E-state index in [0.717, 1.165) is 6.54 Å². The van der Waals surface area contributed by atoms with Crippen molar-refractivity contribution in [3.63, 3.8) is 0 Å². The molecule has 0 saturated carbocycles. The lowest BCUT2D eigenvalue weighted by Crippen LogP contribution is -2.50. The van der Waals surface area contributed by atoms with Gasteiger partial charge in [-0.05, 0) is 74.7 Å². The highest BCUT2D eigenvalue weighted by Crippen LogP contribution is 2.38. The molecule has 0 bridgehead atoms. The minimum absolute atomic E-state index is 0.00889. The largest absolute Gasteiger partial charge is 0.497 e. The van der Waals surface area contributed by atoms with Crippen LogP contribution < -0.4 is 4.74 Å². The van der Waals surface area contributed by atoms with E-state index in [0.29, 0.717) is 55.6 Å². The maximum absolute atomic E-state index is 13.0. The van der Waals surface area contributed by atoms with Crippen molar-refractivity contribution in [2.75, 3.05) is 33.4 Å². The normalized spacial score (nSPS) is 16.7. The van der Waals surface area contributed by atoms with E-state index in [9.17, 15) is 19.1 Å². The molecule has 0 spiro atoms. The van der Waals surface area contributed by atoms with E-state index in [1.54, 1.807) is 38.3 Å². The summed E-state index contributed by atoms with van der Waals surface area (Å²) in [5, 5.41) is 11.5. The van der Waals surface area contributed by atoms with Crippen LogP contribution >= 0.6 is 0 Å². The van der Waals surface area contributed by atoms with Crippen LogP contribution in [0.2, 0.25) is 0 Å². The van der Waals surface area contributed by atoms with Crippen LogP contribution in [-0.2, 0) is 9.53 Å². The van der Waals surface area contributed by atoms with E-state index in [1.807, 2.05) is 0 Å². The van der Waals surface area contributed by atoms with Crippen molar-refractivity contribution >= 4 is 11.8 Å². The summed E-state index contributed by atoms with van der Waals surface area (Å²) in [6.07, 6.45) is 1.90. The standard InChI is InChI=1S/C26H32FNO5/c1-3-33-25(30)24(20-8-12-22(32-2)13-9-20)26(31)14-17-28(18-15-26)16-4-5-23(29)19-6-10-21(27)11-7-19/h6-13,24,31H,3-5,14-18H2,1-2H3. The quantitative estimate of drug-likeness (QED) is 0.430. The summed E-state index contributed by atoms with van der Waals surface area (Å²) in [5.41, 5.74) is 0.0117. The number of hydrogen-bond donors (Lipinski definition) is 1. The second kappa shape index (κ2) is 11.4. The van der Waals surface area contributed by atoms with Gasteiger partial charge in [0.05, 0.1) is 19.3 Å². The fourth-order valence-electron chi connectivity index (χ4n) is 4.38. The Bertz CT molecular complexity index is 921. The third-order valence-electron chi connectivity index (χ3n) is 6.28. The lowest BCUT2D eigenvalue weighted by molar-refractivity contribution is -0.155. The molecule has 2 aromatic carbocycles. The number of methoxy groups -OCH3 is 1. The SMILES string of the molecule is CCOC(=O)C(c1ccc(OC)cc1)C1(O)CCN(CCCC(=O)c2ccc(F)cc2)CC1. The Morgan fingerprint density at radius 2 is 1.73 bits per heavy atom. The fourth-order valence-corrected chi connectivity index (χ4v) is 4.38. The van der Waals surface area contributed by atoms with E-state index < -0.39 is 17.5 Å². The summed E-state index contributed by atoms with van der Waals surface area (Å²) in [6, 6.07) is 12.7. The van der Waals surface area contributed by atoms with Crippen molar-refractivity contribution in [1.29, 1.82) is 0 Å². The molecule has 6 nitrogen and oxygen atoms in total. The second-order valence-electron chi connectivity index (χ2n) is 8.44. The molecule has 0 radical (unpaired) electrons. The van der Waals surface area contributed by atoms with Gasteiger partial charge in [-0.1, -0.05) is 12.1 Å². The molecule has 178 valence electrons. The molecule has 1 aliphatic heterocycles. The number of aliphatic hydroxyl groups is 1. The van der Waals surface area contributed by atoms with Crippen molar-refractivity contribution in [1.82, 2.24) is 4.90 Å². The Morgan fingerprint density at radius 3 is 2.30 bits per heavy atom. The summed E-state index contributed by atoms with van der Waals surface area (Å²) in [4.78, 5) is 27.3. The molecule has 1 saturated heterocycles. The van der Waals surface area contributed by atoms with Gasteiger partial charge in [-0.25, -0.2) is 4.39 Å². The van der Waals surface area contributed by atoms with Gasteiger partial charge in [0.15, 0.2) is 5.78 Å². The van der Waals surface area contributed by atoms with Gasteiger partial charge >= 0.3 is 5.97 Å². The number of carbonyl (C=O) groups is 2. The van der Waals surface area contributed by atoms with Gasteiger partial charge in [0.25, 0.3) is 0 Å². The van der Waals surface area contributed by atoms with Crippen molar-refractivity contribution in [2.45, 2.75) is 44.1 Å². The van der Waals surface area contributed by atoms with Crippen LogP contribution in [0.5, 0.6) is 5.75 Å². The third-order valence-corrected chi connectivity index (χ3v) is 6.28. The number of carbonyl (C=O) groups excluding carboxylic acids is 2. The third kappa shape index (κ3) is 6.39. The minimum atomic E-state index is -1.21. The van der Waals surface area contributed by atoms with Gasteiger partial charge in [0.1, 0.15) is 17.5 Å². The number of Topliss-reactive ketones (excluding diaryl/α,β-unsaturated/α-hetero) is 1. The van der Waals surface area contributed by atoms with Crippen LogP contribution in [-0.4, -0.2) is 60.7 Å². The highest BCUT2D eigenvalue weighted by molar-refractivity contribution is 5.95. The number of hydrogen-bond acceptors (Lipinski definition) is 6. The Labute approximate surface area is 194 Å². The summed E-state index contributed by atoms with van der Waals surface area (Å²) in [5.74, 6) is -0.888. The van der Waals surface area contributed by atoms with E-state index in [4.69, 9.17) is 9.47 Å². The summed E-state index contributed by atoms with van der Waals surface area (Å²) in [6.45, 7) is 3.95. The van der Waals surface area contributed by atoms with Crippen LogP contribution in [0.1, 0.15) is 54.4 Å². The fraction of sp³-hybridized carbons (Fsp3) is 0.462. The average Bonchev–Trinajstić information content (AvgIpc) is 2.81. The molecule has 3 rings (SSSR count). The van der Waals surface area contributed by atoms with Gasteiger partial charge in [-0.15, -0.1) is 0 Å². The Kier molecular flexibility index (Phi) is 8.58. The van der Waals surface area contributed by atoms with Crippen molar-refractivity contribution in [2.24, 2.45) is 0 Å². The zero-order chi connectivity index (χ0) is 23.8. The first-order chi connectivity index (χ1) is 15.9. The lowest BCUT2D eigenvalue weighted by atomic mass is 9.75. The van der Waals surface area contributed by atoms with Gasteiger partial charge in [0, 0.05) is 25.1 Å². The summed E-state index contributed by atoms with van der Waals surface area (Å²) >= 11 is 0. The molecule has 0 amide bonds. The van der Waals surface area contributed by atoms with E-state index in [2.05, 4.69) is 4.90 Å². The number of rotatable bonds is 10. The Morgan fingerprint density at radius 1 is 1.09 bits per heavy atom. The van der Waals surface area contributed by atoms with Gasteiger partial charge in [-0.3, -0.25) is 9.59 Å². The van der Waals surface area contributed by atoms with E-state index in [1.165, 1.54) is 24.3 Å². The maximum Gasteiger partial charge on any atom is 0.316 e. The lowest BCUT2D eigenvalue weighted by Gasteiger charge is -2.42. The van der Waals surface area contributed by atoms with E-state index >= 15 is 0 Å². The second-order valence-corrected chi connectivity index (χ2v) is 8.44. The number of ketones is 1. The molecule has 1 unspecified atom stereocenters. The Hall–Kier alpha value is -2.77. The number of benzene rings is 2. The average molecular weight is 458 g/mol. The number of halogens is 1. The van der Waals surface area contributed by atoms with Crippen LogP contribution in [0.4, 0.5) is 4.39 Å². The molecule has 2 aromatic rings. The first-order valence-corrected chi connectivity index (χ1v) is 11.4. The highest BCUT2D eigenvalue weighted by atomic mass is 19.1. The van der Waals surface area contributed by atoms with Crippen LogP contribution in [0.3, 0.4) is 0 Å². The molecule has 7 heteroatoms. The molecule has 33 heavy (non-hydrogen) atoms. The number of likely N-dealkylation sites (tertiary alicyclic amines) is 1. The predicted octanol–water partition coefficient (Wildman–Crippen LogP) is 3.97. The van der Waals surface area contributed by atoms with Crippen LogP contribution in [0.15, 0.2) is 48.5 Å². The molecule has 1 atom stereocenters. The van der Waals surface area contributed by atoms with Crippen molar-refractivity contribution in [3.8, 4) is 5.75 Å².